The van der Waals surface area contributed by atoms with Crippen molar-refractivity contribution in [2.45, 2.75) is 13.0 Å². The molecule has 0 atom stereocenters. The van der Waals surface area contributed by atoms with Gasteiger partial charge in [-0.15, -0.1) is 0 Å². The van der Waals surface area contributed by atoms with E-state index in [9.17, 15) is 9.59 Å². The van der Waals surface area contributed by atoms with Crippen molar-refractivity contribution in [1.29, 1.82) is 0 Å². The predicted octanol–water partition coefficient (Wildman–Crippen LogP) is 2.63. The summed E-state index contributed by atoms with van der Waals surface area (Å²) in [6, 6.07) is 3.85. The second-order valence-corrected chi connectivity index (χ2v) is 6.31. The first-order valence-electron chi connectivity index (χ1n) is 6.54. The van der Waals surface area contributed by atoms with Crippen LogP contribution in [0.25, 0.3) is 0 Å². The molecule has 21 heavy (non-hydrogen) atoms. The summed E-state index contributed by atoms with van der Waals surface area (Å²) in [4.78, 5) is 26.8. The molecule has 0 saturated heterocycles. The zero-order chi connectivity index (χ0) is 15.6. The lowest BCUT2D eigenvalue weighted by atomic mass is 9.99. The molecule has 4 nitrogen and oxygen atoms in total. The van der Waals surface area contributed by atoms with Crippen molar-refractivity contribution >= 4 is 39.3 Å². The molecule has 0 fully saturated rings. The van der Waals surface area contributed by atoms with Crippen LogP contribution in [0, 0.1) is 0 Å². The van der Waals surface area contributed by atoms with Gasteiger partial charge in [0.1, 0.15) is 0 Å². The highest BCUT2D eigenvalue weighted by Crippen LogP contribution is 2.30. The van der Waals surface area contributed by atoms with Gasteiger partial charge in [-0.2, -0.15) is 0 Å². The molecule has 1 aromatic carbocycles. The van der Waals surface area contributed by atoms with Crippen LogP contribution in [0.2, 0.25) is 5.02 Å². The van der Waals surface area contributed by atoms with E-state index in [1.54, 1.807) is 11.9 Å². The van der Waals surface area contributed by atoms with Crippen LogP contribution in [0.5, 0.6) is 0 Å². The van der Waals surface area contributed by atoms with E-state index in [0.29, 0.717) is 13.1 Å². The second-order valence-electron chi connectivity index (χ2n) is 4.99. The monoisotopic (exact) mass is 370 g/mol. The second kappa shape index (κ2) is 6.62. The molecule has 0 radical (unpaired) electrons. The molecular weight excluding hydrogens is 356 g/mol. The van der Waals surface area contributed by atoms with Crippen LogP contribution in [-0.4, -0.2) is 41.8 Å². The molecule has 1 heterocycles. The number of carbonyl (C=O) groups excluding carboxylic acids is 2. The molecule has 2 amide bonds. The number of nitrogens with zero attached hydrogens (tertiary/aromatic N) is 2. The van der Waals surface area contributed by atoms with Crippen molar-refractivity contribution in [3.05, 3.63) is 45.4 Å². The summed E-state index contributed by atoms with van der Waals surface area (Å²) in [5, 5.41) is 0.727. The number of carbonyl (C=O) groups is 2. The molecule has 6 heteroatoms. The summed E-state index contributed by atoms with van der Waals surface area (Å²) < 4.78 is 0.902. The summed E-state index contributed by atoms with van der Waals surface area (Å²) in [7, 11) is 1.59. The van der Waals surface area contributed by atoms with Crippen LogP contribution in [0.1, 0.15) is 11.1 Å². The van der Waals surface area contributed by atoms with Gasteiger partial charge in [0.15, 0.2) is 0 Å². The first-order valence-corrected chi connectivity index (χ1v) is 7.71. The molecule has 0 aromatic heterocycles. The van der Waals surface area contributed by atoms with Crippen LogP contribution >= 0.6 is 27.5 Å². The summed E-state index contributed by atoms with van der Waals surface area (Å²) in [5.41, 5.74) is 2.14. The molecule has 0 bridgehead atoms. The molecule has 0 N–H and O–H groups in total. The smallest absolute Gasteiger partial charge is 0.246 e. The average molecular weight is 372 g/mol. The van der Waals surface area contributed by atoms with Gasteiger partial charge in [-0.1, -0.05) is 34.1 Å². The summed E-state index contributed by atoms with van der Waals surface area (Å²) in [5.74, 6) is -0.332. The van der Waals surface area contributed by atoms with Crippen molar-refractivity contribution in [2.75, 3.05) is 20.1 Å². The molecule has 2 rings (SSSR count). The van der Waals surface area contributed by atoms with Gasteiger partial charge in [0, 0.05) is 29.6 Å². The fraction of sp³-hybridized carbons (Fsp3) is 0.333. The number of fused-ring (bicyclic) bond motifs is 1. The van der Waals surface area contributed by atoms with Crippen molar-refractivity contribution in [2.24, 2.45) is 0 Å². The van der Waals surface area contributed by atoms with Gasteiger partial charge in [-0.05, 0) is 35.8 Å². The quantitative estimate of drug-likeness (QED) is 0.766. The van der Waals surface area contributed by atoms with Crippen molar-refractivity contribution in [3.63, 3.8) is 0 Å². The van der Waals surface area contributed by atoms with E-state index >= 15 is 0 Å². The summed E-state index contributed by atoms with van der Waals surface area (Å²) >= 11 is 9.64. The lowest BCUT2D eigenvalue weighted by molar-refractivity contribution is -0.137. The largest absolute Gasteiger partial charge is 0.336 e. The Morgan fingerprint density at radius 2 is 2.24 bits per heavy atom. The van der Waals surface area contributed by atoms with E-state index in [1.807, 2.05) is 12.1 Å². The number of likely N-dealkylation sites (N-methyl/N-ethyl adjacent to an activating group) is 1. The SMILES string of the molecule is C=CC(=O)N(C)CC(=O)N1CCc2c(Cl)cc(Br)cc2C1. The van der Waals surface area contributed by atoms with E-state index < -0.39 is 0 Å². The topological polar surface area (TPSA) is 40.6 Å². The molecule has 1 aromatic rings. The standard InChI is InChI=1S/C15H16BrClN2O2/c1-3-14(20)18(2)9-15(21)19-5-4-12-10(8-19)6-11(16)7-13(12)17/h3,6-7H,1,4-5,8-9H2,2H3. The Morgan fingerprint density at radius 3 is 2.90 bits per heavy atom. The van der Waals surface area contributed by atoms with Crippen molar-refractivity contribution < 1.29 is 9.59 Å². The number of hydrogen-bond donors (Lipinski definition) is 0. The van der Waals surface area contributed by atoms with Crippen LogP contribution in [0.3, 0.4) is 0 Å². The minimum atomic E-state index is -0.258. The van der Waals surface area contributed by atoms with Gasteiger partial charge in [-0.3, -0.25) is 9.59 Å². The minimum absolute atomic E-state index is 0.0575. The number of halogens is 2. The van der Waals surface area contributed by atoms with Gasteiger partial charge >= 0.3 is 0 Å². The van der Waals surface area contributed by atoms with E-state index in [1.165, 1.54) is 11.0 Å². The molecule has 0 saturated carbocycles. The van der Waals surface area contributed by atoms with Gasteiger partial charge in [0.25, 0.3) is 0 Å². The Kier molecular flexibility index (Phi) is 5.06. The zero-order valence-electron chi connectivity index (χ0n) is 11.7. The lowest BCUT2D eigenvalue weighted by Gasteiger charge is -2.31. The van der Waals surface area contributed by atoms with Gasteiger partial charge < -0.3 is 9.80 Å². The molecular formula is C15H16BrClN2O2. The molecule has 0 unspecified atom stereocenters. The third-order valence-electron chi connectivity index (χ3n) is 3.52. The van der Waals surface area contributed by atoms with Crippen molar-refractivity contribution in [3.8, 4) is 0 Å². The fourth-order valence-electron chi connectivity index (χ4n) is 2.36. The Labute approximate surface area is 137 Å². The van der Waals surface area contributed by atoms with E-state index in [2.05, 4.69) is 22.5 Å². The number of benzene rings is 1. The Hall–Kier alpha value is -1.33. The number of amides is 2. The highest BCUT2D eigenvalue weighted by molar-refractivity contribution is 9.10. The third kappa shape index (κ3) is 3.66. The normalized spacial score (nSPS) is 13.6. The summed E-state index contributed by atoms with van der Waals surface area (Å²) in [6.07, 6.45) is 1.93. The maximum absolute atomic E-state index is 12.3. The van der Waals surface area contributed by atoms with Crippen LogP contribution < -0.4 is 0 Å². The van der Waals surface area contributed by atoms with Gasteiger partial charge in [0.2, 0.25) is 11.8 Å². The maximum Gasteiger partial charge on any atom is 0.246 e. The third-order valence-corrected chi connectivity index (χ3v) is 4.32. The van der Waals surface area contributed by atoms with Crippen molar-refractivity contribution in [1.82, 2.24) is 9.80 Å². The van der Waals surface area contributed by atoms with E-state index in [0.717, 1.165) is 27.0 Å². The summed E-state index contributed by atoms with van der Waals surface area (Å²) in [6.45, 7) is 4.60. The molecule has 1 aliphatic heterocycles. The molecule has 112 valence electrons. The Balaban J connectivity index is 2.09. The van der Waals surface area contributed by atoms with Crippen LogP contribution in [0.15, 0.2) is 29.3 Å². The Morgan fingerprint density at radius 1 is 1.52 bits per heavy atom. The lowest BCUT2D eigenvalue weighted by Crippen LogP contribution is -2.43. The van der Waals surface area contributed by atoms with E-state index in [-0.39, 0.29) is 18.4 Å². The van der Waals surface area contributed by atoms with Crippen LogP contribution in [-0.2, 0) is 22.6 Å². The molecule has 0 spiro atoms. The number of hydrogen-bond acceptors (Lipinski definition) is 2. The fourth-order valence-corrected chi connectivity index (χ4v) is 3.33. The predicted molar refractivity (Wildman–Crippen MR) is 86.1 cm³/mol. The highest BCUT2D eigenvalue weighted by Gasteiger charge is 2.24. The van der Waals surface area contributed by atoms with E-state index in [4.69, 9.17) is 11.6 Å². The highest BCUT2D eigenvalue weighted by atomic mass is 79.9. The van der Waals surface area contributed by atoms with Gasteiger partial charge in [-0.25, -0.2) is 0 Å². The number of rotatable bonds is 3. The average Bonchev–Trinajstić information content (AvgIpc) is 2.45. The molecule has 0 aliphatic carbocycles. The minimum Gasteiger partial charge on any atom is -0.336 e. The first-order chi connectivity index (χ1) is 9.92. The van der Waals surface area contributed by atoms with Gasteiger partial charge in [0.05, 0.1) is 6.54 Å². The van der Waals surface area contributed by atoms with Crippen LogP contribution in [0.4, 0.5) is 0 Å². The Bertz CT molecular complexity index is 604. The molecule has 1 aliphatic rings. The first kappa shape index (κ1) is 16.0. The zero-order valence-corrected chi connectivity index (χ0v) is 14.1. The maximum atomic E-state index is 12.3.